The Balaban J connectivity index is 0.000000677. The number of aryl methyl sites for hydroxylation is 1. The van der Waals surface area contributed by atoms with Gasteiger partial charge >= 0.3 is 0 Å². The first-order chi connectivity index (χ1) is 10.1. The molecule has 1 aromatic rings. The fourth-order valence-corrected chi connectivity index (χ4v) is 2.51. The predicted octanol–water partition coefficient (Wildman–Crippen LogP) is 3.44. The zero-order valence-electron chi connectivity index (χ0n) is 14.0. The molecule has 0 amide bonds. The first-order valence-electron chi connectivity index (χ1n) is 8.36. The zero-order chi connectivity index (χ0) is 15.7. The molecule has 0 saturated carbocycles. The van der Waals surface area contributed by atoms with Crippen molar-refractivity contribution in [3.05, 3.63) is 18.0 Å². The van der Waals surface area contributed by atoms with Gasteiger partial charge < -0.3 is 10.0 Å². The number of aliphatic hydroxyl groups is 1. The average molecular weight is 293 g/mol. The Bertz CT molecular complexity index is 370. The number of piperidine rings is 1. The van der Waals surface area contributed by atoms with Gasteiger partial charge in [-0.2, -0.15) is 0 Å². The van der Waals surface area contributed by atoms with Gasteiger partial charge in [0.25, 0.3) is 0 Å². The van der Waals surface area contributed by atoms with Gasteiger partial charge in [0.2, 0.25) is 5.95 Å². The number of rotatable bonds is 4. The molecule has 4 nitrogen and oxygen atoms in total. The molecular weight excluding hydrogens is 262 g/mol. The number of nitrogens with zero attached hydrogens (tertiary/aromatic N) is 3. The first kappa shape index (κ1) is 17.9. The molecule has 1 fully saturated rings. The lowest BCUT2D eigenvalue weighted by Gasteiger charge is -2.33. The van der Waals surface area contributed by atoms with Crippen molar-refractivity contribution in [3.8, 4) is 0 Å². The van der Waals surface area contributed by atoms with Crippen molar-refractivity contribution in [3.63, 3.8) is 0 Å². The summed E-state index contributed by atoms with van der Waals surface area (Å²) >= 11 is 0. The van der Waals surface area contributed by atoms with Crippen LogP contribution >= 0.6 is 0 Å². The summed E-state index contributed by atoms with van der Waals surface area (Å²) < 4.78 is 0. The van der Waals surface area contributed by atoms with Gasteiger partial charge in [-0.15, -0.1) is 0 Å². The molecular formula is C17H31N3O. The Morgan fingerprint density at radius 1 is 1.19 bits per heavy atom. The van der Waals surface area contributed by atoms with E-state index < -0.39 is 0 Å². The van der Waals surface area contributed by atoms with Gasteiger partial charge in [-0.05, 0) is 37.7 Å². The molecule has 2 rings (SSSR count). The van der Waals surface area contributed by atoms with Crippen LogP contribution in [0.3, 0.4) is 0 Å². The Labute approximate surface area is 129 Å². The Morgan fingerprint density at radius 3 is 2.14 bits per heavy atom. The minimum Gasteiger partial charge on any atom is -0.393 e. The van der Waals surface area contributed by atoms with Crippen LogP contribution in [-0.4, -0.2) is 34.3 Å². The highest BCUT2D eigenvalue weighted by Crippen LogP contribution is 2.22. The van der Waals surface area contributed by atoms with E-state index in [2.05, 4.69) is 35.6 Å². The van der Waals surface area contributed by atoms with Gasteiger partial charge in [-0.3, -0.25) is 0 Å². The highest BCUT2D eigenvalue weighted by molar-refractivity contribution is 5.30. The van der Waals surface area contributed by atoms with Crippen LogP contribution in [0.25, 0.3) is 0 Å². The number of hydrogen-bond acceptors (Lipinski definition) is 4. The van der Waals surface area contributed by atoms with Crippen LogP contribution in [0.15, 0.2) is 12.4 Å². The van der Waals surface area contributed by atoms with E-state index in [0.29, 0.717) is 5.92 Å². The van der Waals surface area contributed by atoms with E-state index in [4.69, 9.17) is 0 Å². The largest absolute Gasteiger partial charge is 0.393 e. The fraction of sp³-hybridized carbons (Fsp3) is 0.765. The number of anilines is 1. The third kappa shape index (κ3) is 6.00. The van der Waals surface area contributed by atoms with E-state index in [0.717, 1.165) is 44.7 Å². The van der Waals surface area contributed by atoms with E-state index in [1.54, 1.807) is 0 Å². The summed E-state index contributed by atoms with van der Waals surface area (Å²) in [5.74, 6) is 1.26. The van der Waals surface area contributed by atoms with E-state index in [1.807, 2.05) is 19.3 Å². The van der Waals surface area contributed by atoms with Crippen molar-refractivity contribution in [2.75, 3.05) is 18.0 Å². The lowest BCUT2D eigenvalue weighted by Crippen LogP contribution is -2.37. The van der Waals surface area contributed by atoms with Gasteiger partial charge in [-0.1, -0.05) is 33.6 Å². The van der Waals surface area contributed by atoms with Gasteiger partial charge in [0.1, 0.15) is 0 Å². The average Bonchev–Trinajstić information content (AvgIpc) is 2.49. The quantitative estimate of drug-likeness (QED) is 0.924. The first-order valence-corrected chi connectivity index (χ1v) is 8.36. The maximum atomic E-state index is 9.58. The summed E-state index contributed by atoms with van der Waals surface area (Å²) in [5.41, 5.74) is 1.21. The second-order valence-corrected chi connectivity index (χ2v) is 5.91. The predicted molar refractivity (Wildman–Crippen MR) is 88.6 cm³/mol. The molecule has 0 aromatic carbocycles. The van der Waals surface area contributed by atoms with Gasteiger partial charge in [0.05, 0.1) is 6.10 Å². The molecule has 0 aliphatic carbocycles. The normalized spacial score (nSPS) is 17.1. The third-order valence-corrected chi connectivity index (χ3v) is 3.74. The van der Waals surface area contributed by atoms with Gasteiger partial charge in [-0.25, -0.2) is 9.97 Å². The molecule has 0 spiro atoms. The maximum absolute atomic E-state index is 9.58. The molecule has 21 heavy (non-hydrogen) atoms. The van der Waals surface area contributed by atoms with Crippen molar-refractivity contribution >= 4 is 5.95 Å². The van der Waals surface area contributed by atoms with Crippen LogP contribution in [0.5, 0.6) is 0 Å². The minimum absolute atomic E-state index is 0.194. The molecule has 0 bridgehead atoms. The summed E-state index contributed by atoms with van der Waals surface area (Å²) in [7, 11) is 0. The lowest BCUT2D eigenvalue weighted by molar-refractivity contribution is 0.109. The monoisotopic (exact) mass is 293 g/mol. The second-order valence-electron chi connectivity index (χ2n) is 5.91. The minimum atomic E-state index is -0.194. The van der Waals surface area contributed by atoms with Crippen LogP contribution in [0, 0.1) is 5.92 Å². The van der Waals surface area contributed by atoms with Gasteiger partial charge in [0, 0.05) is 25.5 Å². The molecule has 1 unspecified atom stereocenters. The van der Waals surface area contributed by atoms with Crippen molar-refractivity contribution in [1.82, 2.24) is 9.97 Å². The van der Waals surface area contributed by atoms with Crippen LogP contribution in [0.2, 0.25) is 0 Å². The molecule has 120 valence electrons. The van der Waals surface area contributed by atoms with Crippen molar-refractivity contribution < 1.29 is 5.11 Å². The van der Waals surface area contributed by atoms with Crippen LogP contribution < -0.4 is 4.90 Å². The van der Waals surface area contributed by atoms with Gasteiger partial charge in [0.15, 0.2) is 0 Å². The van der Waals surface area contributed by atoms with Crippen molar-refractivity contribution in [1.29, 1.82) is 0 Å². The molecule has 0 radical (unpaired) electrons. The summed E-state index contributed by atoms with van der Waals surface area (Å²) in [6, 6.07) is 0. The summed E-state index contributed by atoms with van der Waals surface area (Å²) in [6.07, 6.45) is 9.15. The molecule has 1 aliphatic rings. The summed E-state index contributed by atoms with van der Waals surface area (Å²) in [5, 5.41) is 9.58. The number of aromatic nitrogens is 2. The highest BCUT2D eigenvalue weighted by atomic mass is 16.3. The molecule has 1 N–H and O–H groups in total. The molecule has 1 saturated heterocycles. The standard InChI is InChI=1S/C14H23N3O.C3H8/c1-3-4-12-9-15-14(16-10-12)17-7-5-13(6-8-17)11(2)18;1-3-2/h9-11,13,18H,3-8H2,1-2H3;3H2,1-2H3. The topological polar surface area (TPSA) is 49.2 Å². The highest BCUT2D eigenvalue weighted by Gasteiger charge is 2.23. The van der Waals surface area contributed by atoms with Crippen LogP contribution in [0.4, 0.5) is 5.95 Å². The van der Waals surface area contributed by atoms with Crippen molar-refractivity contribution in [2.24, 2.45) is 5.92 Å². The summed E-state index contributed by atoms with van der Waals surface area (Å²) in [4.78, 5) is 11.1. The van der Waals surface area contributed by atoms with Crippen molar-refractivity contribution in [2.45, 2.75) is 65.9 Å². The fourth-order valence-electron chi connectivity index (χ4n) is 2.51. The van der Waals surface area contributed by atoms with Crippen LogP contribution in [0.1, 0.15) is 58.9 Å². The van der Waals surface area contributed by atoms with E-state index in [9.17, 15) is 5.11 Å². The third-order valence-electron chi connectivity index (χ3n) is 3.74. The Hall–Kier alpha value is -1.16. The molecule has 4 heteroatoms. The van der Waals surface area contributed by atoms with Crippen LogP contribution in [-0.2, 0) is 6.42 Å². The Kier molecular flexibility index (Phi) is 8.28. The Morgan fingerprint density at radius 2 is 1.71 bits per heavy atom. The maximum Gasteiger partial charge on any atom is 0.225 e. The molecule has 1 aromatic heterocycles. The molecule has 1 aliphatic heterocycles. The zero-order valence-corrected chi connectivity index (χ0v) is 14.0. The number of hydrogen-bond donors (Lipinski definition) is 1. The molecule has 1 atom stereocenters. The number of aliphatic hydroxyl groups excluding tert-OH is 1. The lowest BCUT2D eigenvalue weighted by atomic mass is 9.92. The smallest absolute Gasteiger partial charge is 0.225 e. The molecule has 2 heterocycles. The second kappa shape index (κ2) is 9.72. The van der Waals surface area contributed by atoms with E-state index >= 15 is 0 Å². The van der Waals surface area contributed by atoms with E-state index in [-0.39, 0.29) is 6.10 Å². The van der Waals surface area contributed by atoms with E-state index in [1.165, 1.54) is 12.0 Å². The summed E-state index contributed by atoms with van der Waals surface area (Å²) in [6.45, 7) is 10.2. The SMILES string of the molecule is CCC.CCCc1cnc(N2CCC(C(C)O)CC2)nc1.